The number of rotatable bonds is 23. The molecule has 1 aliphatic rings. The number of carboxylic acids is 1. The molecule has 0 aromatic carbocycles. The van der Waals surface area contributed by atoms with Gasteiger partial charge < -0.3 is 38.6 Å². The lowest BCUT2D eigenvalue weighted by Gasteiger charge is -2.39. The van der Waals surface area contributed by atoms with Gasteiger partial charge in [-0.3, -0.25) is 9.59 Å². The quantitative estimate of drug-likeness (QED) is 0.204. The van der Waals surface area contributed by atoms with Crippen LogP contribution in [0.25, 0.3) is 0 Å². The molecule has 36 heavy (non-hydrogen) atoms. The molecule has 1 saturated heterocycles. The van der Waals surface area contributed by atoms with E-state index in [0.29, 0.717) is 84.4 Å². The van der Waals surface area contributed by atoms with Gasteiger partial charge in [0, 0.05) is 32.1 Å². The molecule has 0 spiro atoms. The molecule has 0 aliphatic carbocycles. The molecular weight excluding hydrogens is 468 g/mol. The summed E-state index contributed by atoms with van der Waals surface area (Å²) < 4.78 is 27.2. The van der Waals surface area contributed by atoms with Crippen molar-refractivity contribution in [1.29, 1.82) is 0 Å². The van der Waals surface area contributed by atoms with E-state index in [9.17, 15) is 9.59 Å². The molecule has 1 aliphatic heterocycles. The molecule has 212 valence electrons. The molecule has 0 unspecified atom stereocenters. The van der Waals surface area contributed by atoms with E-state index in [-0.39, 0.29) is 18.9 Å². The summed E-state index contributed by atoms with van der Waals surface area (Å²) in [5.41, 5.74) is 0. The fourth-order valence-electron chi connectivity index (χ4n) is 4.05. The second kappa shape index (κ2) is 21.8. The number of carbonyl (C=O) groups excluding carboxylic acids is 1. The average molecular weight is 519 g/mol. The first-order valence-electron chi connectivity index (χ1n) is 13.6. The number of ether oxygens (including phenoxy) is 5. The lowest BCUT2D eigenvalue weighted by Crippen LogP contribution is -2.48. The number of likely N-dealkylation sites (tertiary alicyclic amines) is 1. The van der Waals surface area contributed by atoms with Crippen molar-refractivity contribution in [2.75, 3.05) is 92.2 Å². The minimum absolute atomic E-state index is 0.00316. The van der Waals surface area contributed by atoms with Gasteiger partial charge in [-0.2, -0.15) is 0 Å². The van der Waals surface area contributed by atoms with Gasteiger partial charge in [-0.05, 0) is 31.7 Å². The second-order valence-corrected chi connectivity index (χ2v) is 9.46. The van der Waals surface area contributed by atoms with Crippen molar-refractivity contribution in [2.45, 2.75) is 58.9 Å². The Bertz CT molecular complexity index is 556. The summed E-state index contributed by atoms with van der Waals surface area (Å²) in [5, 5.41) is 8.50. The molecule has 0 aromatic heterocycles. The van der Waals surface area contributed by atoms with Gasteiger partial charge in [0.15, 0.2) is 0 Å². The van der Waals surface area contributed by atoms with E-state index in [1.165, 1.54) is 6.42 Å². The van der Waals surface area contributed by atoms with Gasteiger partial charge in [0.25, 0.3) is 0 Å². The number of hydrogen-bond acceptors (Lipinski definition) is 8. The van der Waals surface area contributed by atoms with E-state index in [4.69, 9.17) is 28.8 Å². The lowest BCUT2D eigenvalue weighted by atomic mass is 10.0. The van der Waals surface area contributed by atoms with Crippen LogP contribution in [0.1, 0.15) is 52.9 Å². The number of nitrogens with zero attached hydrogens (tertiary/aromatic N) is 2. The molecule has 0 atom stereocenters. The number of hydrogen-bond donors (Lipinski definition) is 1. The maximum absolute atomic E-state index is 12.9. The number of aliphatic carboxylic acids is 1. The van der Waals surface area contributed by atoms with Gasteiger partial charge in [-0.25, -0.2) is 0 Å². The fraction of sp³-hybridized carbons (Fsp3) is 0.923. The Morgan fingerprint density at radius 1 is 0.833 bits per heavy atom. The predicted octanol–water partition coefficient (Wildman–Crippen LogP) is 2.29. The van der Waals surface area contributed by atoms with Crippen molar-refractivity contribution < 1.29 is 38.4 Å². The first kappa shape index (κ1) is 32.7. The summed E-state index contributed by atoms with van der Waals surface area (Å²) in [5.74, 6) is -0.273. The zero-order chi connectivity index (χ0) is 26.4. The fourth-order valence-corrected chi connectivity index (χ4v) is 4.05. The summed E-state index contributed by atoms with van der Waals surface area (Å²) in [6.07, 6.45) is 3.84. The molecule has 1 fully saturated rings. The largest absolute Gasteiger partial charge is 0.481 e. The highest BCUT2D eigenvalue weighted by atomic mass is 16.6. The molecule has 0 bridgehead atoms. The highest BCUT2D eigenvalue weighted by molar-refractivity contribution is 5.76. The molecule has 1 amide bonds. The summed E-state index contributed by atoms with van der Waals surface area (Å²) in [6.45, 7) is 14.7. The van der Waals surface area contributed by atoms with Crippen LogP contribution < -0.4 is 0 Å². The van der Waals surface area contributed by atoms with Crippen LogP contribution >= 0.6 is 0 Å². The molecule has 10 nitrogen and oxygen atoms in total. The highest BCUT2D eigenvalue weighted by Gasteiger charge is 2.27. The minimum atomic E-state index is -0.868. The van der Waals surface area contributed by atoms with Crippen molar-refractivity contribution >= 4 is 11.9 Å². The standard InChI is InChI=1S/C26H50N2O8/c1-4-8-27-9-5-24(6-10-27)28(25(29)22-23(2)3)11-13-33-15-17-35-19-21-36-20-18-34-16-14-32-12-7-26(30)31/h23-24H,4-22H2,1-3H3,(H,30,31). The van der Waals surface area contributed by atoms with Crippen LogP contribution in [0.4, 0.5) is 0 Å². The normalized spacial score (nSPS) is 15.0. The summed E-state index contributed by atoms with van der Waals surface area (Å²) in [4.78, 5) is 27.8. The Hall–Kier alpha value is -1.30. The Labute approximate surface area is 217 Å². The van der Waals surface area contributed by atoms with E-state index in [1.54, 1.807) is 0 Å². The summed E-state index contributed by atoms with van der Waals surface area (Å²) in [7, 11) is 0. The zero-order valence-corrected chi connectivity index (χ0v) is 22.8. The summed E-state index contributed by atoms with van der Waals surface area (Å²) in [6, 6.07) is 0.315. The first-order chi connectivity index (χ1) is 17.4. The Morgan fingerprint density at radius 3 is 1.75 bits per heavy atom. The van der Waals surface area contributed by atoms with Crippen LogP contribution in [0.5, 0.6) is 0 Å². The van der Waals surface area contributed by atoms with Crippen LogP contribution in [0, 0.1) is 5.92 Å². The van der Waals surface area contributed by atoms with Crippen molar-refractivity contribution in [1.82, 2.24) is 9.80 Å². The van der Waals surface area contributed by atoms with E-state index in [1.807, 2.05) is 0 Å². The SMILES string of the molecule is CCCN1CCC(N(CCOCCOCCOCCOCCOCCC(=O)O)C(=O)CC(C)C)CC1. The molecule has 1 rings (SSSR count). The smallest absolute Gasteiger partial charge is 0.305 e. The molecular formula is C26H50N2O8. The van der Waals surface area contributed by atoms with Crippen LogP contribution in [0.15, 0.2) is 0 Å². The maximum Gasteiger partial charge on any atom is 0.305 e. The van der Waals surface area contributed by atoms with E-state index < -0.39 is 5.97 Å². The Morgan fingerprint density at radius 2 is 1.31 bits per heavy atom. The van der Waals surface area contributed by atoms with Crippen LogP contribution in [-0.2, 0) is 33.3 Å². The van der Waals surface area contributed by atoms with Crippen LogP contribution in [-0.4, -0.2) is 125 Å². The van der Waals surface area contributed by atoms with Gasteiger partial charge in [0.1, 0.15) is 0 Å². The highest BCUT2D eigenvalue weighted by Crippen LogP contribution is 2.19. The topological polar surface area (TPSA) is 107 Å². The molecule has 0 radical (unpaired) electrons. The zero-order valence-electron chi connectivity index (χ0n) is 22.8. The number of piperidine rings is 1. The van der Waals surface area contributed by atoms with Gasteiger partial charge in [-0.1, -0.05) is 20.8 Å². The molecule has 0 saturated carbocycles. The predicted molar refractivity (Wildman–Crippen MR) is 137 cm³/mol. The molecule has 1 heterocycles. The molecule has 0 aromatic rings. The third-order valence-electron chi connectivity index (χ3n) is 5.87. The average Bonchev–Trinajstić information content (AvgIpc) is 2.83. The second-order valence-electron chi connectivity index (χ2n) is 9.46. The van der Waals surface area contributed by atoms with Crippen molar-refractivity contribution in [3.05, 3.63) is 0 Å². The monoisotopic (exact) mass is 518 g/mol. The van der Waals surface area contributed by atoms with Gasteiger partial charge in [0.2, 0.25) is 5.91 Å². The third kappa shape index (κ3) is 17.2. The first-order valence-corrected chi connectivity index (χ1v) is 13.6. The maximum atomic E-state index is 12.9. The van der Waals surface area contributed by atoms with Crippen molar-refractivity contribution in [3.8, 4) is 0 Å². The van der Waals surface area contributed by atoms with E-state index >= 15 is 0 Å². The third-order valence-corrected chi connectivity index (χ3v) is 5.87. The summed E-state index contributed by atoms with van der Waals surface area (Å²) >= 11 is 0. The number of carboxylic acid groups (broad SMARTS) is 1. The van der Waals surface area contributed by atoms with Crippen molar-refractivity contribution in [3.63, 3.8) is 0 Å². The van der Waals surface area contributed by atoms with Crippen molar-refractivity contribution in [2.24, 2.45) is 5.92 Å². The number of carbonyl (C=O) groups is 2. The Kier molecular flexibility index (Phi) is 19.8. The van der Waals surface area contributed by atoms with Gasteiger partial charge in [-0.15, -0.1) is 0 Å². The van der Waals surface area contributed by atoms with Crippen LogP contribution in [0.3, 0.4) is 0 Å². The lowest BCUT2D eigenvalue weighted by molar-refractivity contribution is -0.138. The van der Waals surface area contributed by atoms with E-state index in [0.717, 1.165) is 32.5 Å². The minimum Gasteiger partial charge on any atom is -0.481 e. The molecule has 10 heteroatoms. The number of amides is 1. The van der Waals surface area contributed by atoms with E-state index in [2.05, 4.69) is 30.6 Å². The van der Waals surface area contributed by atoms with Crippen LogP contribution in [0.2, 0.25) is 0 Å². The Balaban J connectivity index is 2.03. The van der Waals surface area contributed by atoms with Gasteiger partial charge in [0.05, 0.1) is 72.5 Å². The molecule has 1 N–H and O–H groups in total. The van der Waals surface area contributed by atoms with Gasteiger partial charge >= 0.3 is 5.97 Å².